The van der Waals surface area contributed by atoms with Gasteiger partial charge in [0, 0.05) is 10.0 Å². The lowest BCUT2D eigenvalue weighted by molar-refractivity contribution is -0.171. The van der Waals surface area contributed by atoms with Crippen LogP contribution in [0.15, 0.2) is 57.4 Å². The number of carbonyl (C=O) groups is 7. The Morgan fingerprint density at radius 1 is 0.929 bits per heavy atom. The molecule has 302 valence electrons. The van der Waals surface area contributed by atoms with Crippen LogP contribution in [0.1, 0.15) is 90.6 Å². The maximum Gasteiger partial charge on any atom is 0.364 e. The maximum atomic E-state index is 13.6. The van der Waals surface area contributed by atoms with E-state index in [-0.39, 0.29) is 48.1 Å². The van der Waals surface area contributed by atoms with Crippen molar-refractivity contribution in [2.75, 3.05) is 20.4 Å². The van der Waals surface area contributed by atoms with Crippen molar-refractivity contribution in [2.24, 2.45) is 5.92 Å². The highest BCUT2D eigenvalue weighted by atomic mass is 79.9. The van der Waals surface area contributed by atoms with Gasteiger partial charge in [-0.25, -0.2) is 9.59 Å². The average Bonchev–Trinajstić information content (AvgIpc) is 3.67. The number of hydrogen-bond acceptors (Lipinski definition) is 11. The number of methoxy groups -OCH3 is 1. The number of ether oxygens (including phenoxy) is 2. The van der Waals surface area contributed by atoms with Gasteiger partial charge >= 0.3 is 17.9 Å². The molecule has 18 heteroatoms. The number of carbonyl (C=O) groups excluding carboxylic acids is 5. The maximum absolute atomic E-state index is 13.6. The van der Waals surface area contributed by atoms with Gasteiger partial charge in [-0.2, -0.15) is 5.06 Å². The van der Waals surface area contributed by atoms with Gasteiger partial charge in [-0.1, -0.05) is 39.2 Å². The minimum Gasteiger partial charge on any atom is -0.497 e. The second-order valence-corrected chi connectivity index (χ2v) is 13.1. The van der Waals surface area contributed by atoms with Crippen molar-refractivity contribution in [1.82, 2.24) is 21.0 Å². The summed E-state index contributed by atoms with van der Waals surface area (Å²) < 4.78 is 16.9. The number of carboxylic acid groups (broad SMARTS) is 2. The Balaban J connectivity index is 1.70. The van der Waals surface area contributed by atoms with Gasteiger partial charge in [0.1, 0.15) is 23.3 Å². The molecule has 17 nitrogen and oxygen atoms in total. The van der Waals surface area contributed by atoms with Crippen LogP contribution in [0, 0.1) is 5.92 Å². The Kier molecular flexibility index (Phi) is 17.4. The largest absolute Gasteiger partial charge is 0.497 e. The highest BCUT2D eigenvalue weighted by molar-refractivity contribution is 9.10. The second-order valence-electron chi connectivity index (χ2n) is 12.3. The van der Waals surface area contributed by atoms with E-state index < -0.39 is 60.1 Å². The first-order chi connectivity index (χ1) is 26.8. The predicted molar refractivity (Wildman–Crippen MR) is 203 cm³/mol. The molecule has 5 N–H and O–H groups in total. The Bertz CT molecular complexity index is 1880. The number of carboxylic acids is 2. The number of furan rings is 1. The number of unbranched alkanes of at least 4 members (excludes halogenated alkanes) is 2. The number of benzene rings is 2. The van der Waals surface area contributed by atoms with Crippen molar-refractivity contribution in [1.29, 1.82) is 0 Å². The molecule has 3 atom stereocenters. The summed E-state index contributed by atoms with van der Waals surface area (Å²) >= 11 is 3.31. The molecule has 0 aliphatic heterocycles. The Morgan fingerprint density at radius 3 is 2.27 bits per heavy atom. The fraction of sp³-hybridized carbons (Fsp3) is 0.395. The van der Waals surface area contributed by atoms with Crippen molar-refractivity contribution in [2.45, 2.75) is 71.4 Å². The summed E-state index contributed by atoms with van der Waals surface area (Å²) in [5.41, 5.74) is 0.492. The molecule has 0 bridgehead atoms. The number of rotatable bonds is 23. The second kappa shape index (κ2) is 21.8. The first-order valence-corrected chi connectivity index (χ1v) is 18.5. The molecule has 1 heterocycles. The average molecular weight is 846 g/mol. The van der Waals surface area contributed by atoms with Gasteiger partial charge in [-0.05, 0) is 78.2 Å². The Labute approximate surface area is 331 Å². The van der Waals surface area contributed by atoms with Gasteiger partial charge in [-0.15, -0.1) is 0 Å². The van der Waals surface area contributed by atoms with Crippen LogP contribution in [-0.2, 0) is 24.0 Å². The molecule has 3 aromatic rings. The first kappa shape index (κ1) is 44.5. The molecule has 0 saturated carbocycles. The lowest BCUT2D eigenvalue weighted by Crippen LogP contribution is -2.49. The first-order valence-electron chi connectivity index (χ1n) is 17.8. The summed E-state index contributed by atoms with van der Waals surface area (Å²) in [6, 6.07) is 9.29. The molecule has 56 heavy (non-hydrogen) atoms. The molecule has 0 aliphatic rings. The normalized spacial score (nSPS) is 12.3. The molecule has 3 rings (SSSR count). The van der Waals surface area contributed by atoms with Crippen molar-refractivity contribution >= 4 is 58.0 Å². The zero-order chi connectivity index (χ0) is 41.4. The molecule has 2 aromatic carbocycles. The fourth-order valence-corrected chi connectivity index (χ4v) is 6.17. The molecule has 0 spiro atoms. The molecule has 0 saturated heterocycles. The Hall–Kier alpha value is -5.91. The quantitative estimate of drug-likeness (QED) is 0.0374. The monoisotopic (exact) mass is 844 g/mol. The number of nitrogens with zero attached hydrogens (tertiary/aromatic N) is 1. The van der Waals surface area contributed by atoms with Crippen LogP contribution in [0.3, 0.4) is 0 Å². The minimum absolute atomic E-state index is 0.0504. The van der Waals surface area contributed by atoms with Gasteiger partial charge in [0.15, 0.2) is 5.76 Å². The van der Waals surface area contributed by atoms with Crippen LogP contribution in [0.4, 0.5) is 0 Å². The summed E-state index contributed by atoms with van der Waals surface area (Å²) in [6.07, 6.45) is 2.51. The van der Waals surface area contributed by atoms with E-state index in [9.17, 15) is 38.7 Å². The summed E-state index contributed by atoms with van der Waals surface area (Å²) in [6.45, 7) is 5.26. The van der Waals surface area contributed by atoms with Crippen molar-refractivity contribution in [3.8, 4) is 22.8 Å². The third-order valence-corrected chi connectivity index (χ3v) is 9.14. The highest BCUT2D eigenvalue weighted by Gasteiger charge is 2.34. The molecule has 3 unspecified atom stereocenters. The zero-order valence-electron chi connectivity index (χ0n) is 31.3. The summed E-state index contributed by atoms with van der Waals surface area (Å²) in [4.78, 5) is 92.7. The third kappa shape index (κ3) is 12.3. The van der Waals surface area contributed by atoms with Crippen molar-refractivity contribution < 1.29 is 62.5 Å². The molecular formula is C38H45BrN4O13. The minimum atomic E-state index is -1.67. The van der Waals surface area contributed by atoms with E-state index in [0.717, 1.165) is 17.9 Å². The third-order valence-electron chi connectivity index (χ3n) is 8.49. The van der Waals surface area contributed by atoms with Gasteiger partial charge in [0.2, 0.25) is 12.3 Å². The summed E-state index contributed by atoms with van der Waals surface area (Å²) in [7, 11) is 1.48. The lowest BCUT2D eigenvalue weighted by atomic mass is 9.90. The van der Waals surface area contributed by atoms with Crippen molar-refractivity contribution in [3.05, 3.63) is 69.9 Å². The number of amides is 4. The predicted octanol–water partition coefficient (Wildman–Crippen LogP) is 4.78. The lowest BCUT2D eigenvalue weighted by Gasteiger charge is -2.32. The van der Waals surface area contributed by atoms with E-state index in [1.54, 1.807) is 26.0 Å². The van der Waals surface area contributed by atoms with E-state index in [4.69, 9.17) is 23.8 Å². The van der Waals surface area contributed by atoms with Crippen molar-refractivity contribution in [3.63, 3.8) is 0 Å². The van der Waals surface area contributed by atoms with Crippen LogP contribution in [0.2, 0.25) is 0 Å². The number of hydroxylamine groups is 2. The van der Waals surface area contributed by atoms with Crippen LogP contribution in [0.5, 0.6) is 11.5 Å². The van der Waals surface area contributed by atoms with Gasteiger partial charge in [0.05, 0.1) is 49.9 Å². The Morgan fingerprint density at radius 2 is 1.66 bits per heavy atom. The molecule has 0 fully saturated rings. The van der Waals surface area contributed by atoms with E-state index in [1.165, 1.54) is 43.5 Å². The van der Waals surface area contributed by atoms with Gasteiger partial charge in [-0.3, -0.25) is 24.0 Å². The fourth-order valence-electron chi connectivity index (χ4n) is 5.65. The van der Waals surface area contributed by atoms with Crippen LogP contribution < -0.4 is 25.4 Å². The van der Waals surface area contributed by atoms with Gasteiger partial charge < -0.3 is 44.9 Å². The topological polar surface area (TPSA) is 240 Å². The number of nitrogens with one attached hydrogen (secondary N) is 3. The van der Waals surface area contributed by atoms with E-state index in [2.05, 4.69) is 31.9 Å². The number of hydrogen-bond donors (Lipinski definition) is 5. The summed E-state index contributed by atoms with van der Waals surface area (Å²) in [5, 5.41) is 26.6. The van der Waals surface area contributed by atoms with E-state index in [0.29, 0.717) is 35.0 Å². The number of aliphatic carboxylic acids is 2. The molecular weight excluding hydrogens is 800 g/mol. The van der Waals surface area contributed by atoms with Crippen LogP contribution >= 0.6 is 15.9 Å². The van der Waals surface area contributed by atoms with Crippen LogP contribution in [-0.4, -0.2) is 89.8 Å². The summed E-state index contributed by atoms with van der Waals surface area (Å²) in [5.74, 6) is -5.89. The molecule has 0 radical (unpaired) electrons. The molecule has 0 aliphatic carbocycles. The smallest absolute Gasteiger partial charge is 0.364 e. The molecule has 1 aromatic heterocycles. The standard InChI is InChI=1S/C38H45BrN4O13/c1-5-8-9-10-25(29(6-2)43(21-44)56-38(52)24-14-12-23(53-4)18-27(24)39)34(47)40-20-41-36(49)31-16-15-30(55-31)22-11-13-26(32(17-22)54-7-3)35(48)42-28(37(50)51)19-33(45)46/h11-18,21,25,28-29H,5-10,19-20H2,1-4H3,(H,40,47)(H,41,49)(H,42,48)(H,45,46)(H,50,51). The zero-order valence-corrected chi connectivity index (χ0v) is 32.9. The van der Waals surface area contributed by atoms with Crippen LogP contribution in [0.25, 0.3) is 11.3 Å². The molecule has 4 amide bonds. The number of halogens is 1. The van der Waals surface area contributed by atoms with E-state index in [1.807, 2.05) is 6.92 Å². The van der Waals surface area contributed by atoms with E-state index >= 15 is 0 Å². The SMILES string of the molecule is CCCCCC(C(=O)NCNC(=O)c1ccc(-c2ccc(C(=O)NC(CC(=O)O)C(=O)O)c(OCC)c2)o1)C(CC)N(C=O)OC(=O)c1ccc(OC)cc1Br. The highest BCUT2D eigenvalue weighted by Crippen LogP contribution is 2.30. The van der Waals surface area contributed by atoms with Gasteiger partial charge in [0.25, 0.3) is 11.8 Å².